The number of aliphatic hydroxyl groups is 1. The van der Waals surface area contributed by atoms with Gasteiger partial charge in [-0.05, 0) is 31.9 Å². The van der Waals surface area contributed by atoms with Crippen molar-refractivity contribution in [2.45, 2.75) is 68.4 Å². The molecule has 20 heavy (non-hydrogen) atoms. The molecule has 3 aliphatic heterocycles. The van der Waals surface area contributed by atoms with Crippen molar-refractivity contribution in [1.82, 2.24) is 0 Å². The van der Waals surface area contributed by atoms with Crippen molar-refractivity contribution in [2.75, 3.05) is 0 Å². The van der Waals surface area contributed by atoms with Crippen molar-refractivity contribution in [1.29, 1.82) is 0 Å². The zero-order valence-electron chi connectivity index (χ0n) is 11.4. The molecule has 0 aromatic carbocycles. The number of hydrogen-bond acceptors (Lipinski definition) is 5. The number of allylic oxidation sites excluding steroid dienone is 1. The van der Waals surface area contributed by atoms with E-state index in [1.165, 1.54) is 0 Å². The molecule has 3 saturated heterocycles. The Morgan fingerprint density at radius 1 is 1.30 bits per heavy atom. The molecule has 2 bridgehead atoms. The molecule has 5 heteroatoms. The Kier molecular flexibility index (Phi) is 1.80. The lowest BCUT2D eigenvalue weighted by molar-refractivity contribution is -0.301. The van der Waals surface area contributed by atoms with Gasteiger partial charge < -0.3 is 19.3 Å². The van der Waals surface area contributed by atoms with Crippen LogP contribution in [0.3, 0.4) is 0 Å². The Morgan fingerprint density at radius 2 is 2.10 bits per heavy atom. The quantitative estimate of drug-likeness (QED) is 0.717. The summed E-state index contributed by atoms with van der Waals surface area (Å²) in [6, 6.07) is 0. The first-order valence-electron chi connectivity index (χ1n) is 7.46. The molecule has 108 valence electrons. The molecule has 0 amide bonds. The Labute approximate surface area is 116 Å². The second kappa shape index (κ2) is 3.04. The molecule has 0 aromatic heterocycles. The van der Waals surface area contributed by atoms with Gasteiger partial charge in [-0.15, -0.1) is 0 Å². The molecular formula is C15H18O5. The van der Waals surface area contributed by atoms with E-state index < -0.39 is 34.8 Å². The van der Waals surface area contributed by atoms with E-state index in [4.69, 9.17) is 14.2 Å². The highest BCUT2D eigenvalue weighted by molar-refractivity contribution is 5.91. The summed E-state index contributed by atoms with van der Waals surface area (Å²) >= 11 is 0. The normalized spacial score (nSPS) is 62.6. The molecule has 0 radical (unpaired) electrons. The lowest BCUT2D eigenvalue weighted by atomic mass is 9.63. The van der Waals surface area contributed by atoms with Gasteiger partial charge in [-0.2, -0.15) is 0 Å². The standard InChI is InChI=1S/C15H18O5/c1-12-5-2-3-6-14(12)19-11-13(20-14)7-4-9(16)8-10(13)18-15(11,12)17/h4,7,10-11,17H,2-3,5-6,8H2,1H3. The highest BCUT2D eigenvalue weighted by atomic mass is 16.8. The SMILES string of the molecule is CC12CCCCC13OC1C4(C=CC(=O)CC4OC12O)O3. The van der Waals surface area contributed by atoms with E-state index in [0.717, 1.165) is 25.7 Å². The van der Waals surface area contributed by atoms with Crippen LogP contribution < -0.4 is 0 Å². The van der Waals surface area contributed by atoms with Gasteiger partial charge in [-0.25, -0.2) is 0 Å². The molecule has 1 N–H and O–H groups in total. The second-order valence-corrected chi connectivity index (χ2v) is 7.05. The monoisotopic (exact) mass is 278 g/mol. The maximum atomic E-state index is 11.7. The molecule has 0 aromatic rings. The van der Waals surface area contributed by atoms with Crippen molar-refractivity contribution in [3.8, 4) is 0 Å². The number of fused-ring (bicyclic) bond motifs is 1. The third-order valence-corrected chi connectivity index (χ3v) is 6.22. The smallest absolute Gasteiger partial charge is 0.206 e. The van der Waals surface area contributed by atoms with Crippen LogP contribution in [0.15, 0.2) is 12.2 Å². The van der Waals surface area contributed by atoms with Gasteiger partial charge in [-0.1, -0.05) is 6.42 Å². The Balaban J connectivity index is 1.73. The summed E-state index contributed by atoms with van der Waals surface area (Å²) < 4.78 is 18.6. The van der Waals surface area contributed by atoms with Crippen molar-refractivity contribution < 1.29 is 24.1 Å². The largest absolute Gasteiger partial charge is 0.363 e. The number of ether oxygens (including phenoxy) is 3. The molecule has 5 nitrogen and oxygen atoms in total. The Morgan fingerprint density at radius 3 is 2.95 bits per heavy atom. The number of hydrogen-bond donors (Lipinski definition) is 1. The van der Waals surface area contributed by atoms with E-state index in [2.05, 4.69) is 0 Å². The van der Waals surface area contributed by atoms with Crippen LogP contribution >= 0.6 is 0 Å². The van der Waals surface area contributed by atoms with E-state index in [1.807, 2.05) is 6.92 Å². The van der Waals surface area contributed by atoms with Gasteiger partial charge >= 0.3 is 0 Å². The Hall–Kier alpha value is -0.750. The van der Waals surface area contributed by atoms with Crippen molar-refractivity contribution in [3.63, 3.8) is 0 Å². The van der Waals surface area contributed by atoms with Gasteiger partial charge in [0.25, 0.3) is 0 Å². The molecule has 5 aliphatic rings. The number of ketones is 1. The molecule has 3 heterocycles. The van der Waals surface area contributed by atoms with E-state index in [0.29, 0.717) is 0 Å². The van der Waals surface area contributed by atoms with E-state index in [1.54, 1.807) is 12.2 Å². The third kappa shape index (κ3) is 0.923. The van der Waals surface area contributed by atoms with Gasteiger partial charge in [0.15, 0.2) is 17.7 Å². The first kappa shape index (κ1) is 11.9. The fourth-order valence-corrected chi connectivity index (χ4v) is 5.07. The number of carbonyl (C=O) groups excluding carboxylic acids is 1. The van der Waals surface area contributed by atoms with Gasteiger partial charge in [0.1, 0.15) is 11.7 Å². The van der Waals surface area contributed by atoms with Gasteiger partial charge in [0.2, 0.25) is 5.79 Å². The highest BCUT2D eigenvalue weighted by Gasteiger charge is 2.88. The van der Waals surface area contributed by atoms with Crippen molar-refractivity contribution in [3.05, 3.63) is 12.2 Å². The van der Waals surface area contributed by atoms with Crippen LogP contribution in [-0.2, 0) is 19.0 Å². The summed E-state index contributed by atoms with van der Waals surface area (Å²) in [7, 11) is 0. The lowest BCUT2D eigenvalue weighted by Crippen LogP contribution is -2.64. The molecule has 6 atom stereocenters. The predicted molar refractivity (Wildman–Crippen MR) is 66.6 cm³/mol. The molecular weight excluding hydrogens is 260 g/mol. The molecule has 2 aliphatic carbocycles. The number of carbonyl (C=O) groups is 1. The van der Waals surface area contributed by atoms with E-state index >= 15 is 0 Å². The Bertz CT molecular complexity index is 558. The van der Waals surface area contributed by atoms with Crippen LogP contribution in [0.5, 0.6) is 0 Å². The first-order valence-corrected chi connectivity index (χ1v) is 7.46. The van der Waals surface area contributed by atoms with E-state index in [-0.39, 0.29) is 12.2 Å². The van der Waals surface area contributed by atoms with Crippen molar-refractivity contribution in [2.24, 2.45) is 5.41 Å². The van der Waals surface area contributed by atoms with Crippen LogP contribution in [0, 0.1) is 5.41 Å². The second-order valence-electron chi connectivity index (χ2n) is 7.05. The van der Waals surface area contributed by atoms with Gasteiger partial charge in [-0.3, -0.25) is 4.79 Å². The summed E-state index contributed by atoms with van der Waals surface area (Å²) in [6.45, 7) is 2.00. The maximum absolute atomic E-state index is 11.7. The van der Waals surface area contributed by atoms with Crippen LogP contribution in [0.2, 0.25) is 0 Å². The van der Waals surface area contributed by atoms with Crippen LogP contribution in [0.1, 0.15) is 39.0 Å². The molecule has 2 spiro atoms. The summed E-state index contributed by atoms with van der Waals surface area (Å²) in [5, 5.41) is 11.2. The zero-order valence-corrected chi connectivity index (χ0v) is 11.4. The summed E-state index contributed by atoms with van der Waals surface area (Å²) in [4.78, 5) is 11.7. The summed E-state index contributed by atoms with van der Waals surface area (Å²) in [6.07, 6.45) is 6.27. The zero-order chi connectivity index (χ0) is 13.8. The molecule has 1 saturated carbocycles. The first-order chi connectivity index (χ1) is 9.46. The maximum Gasteiger partial charge on any atom is 0.206 e. The molecule has 6 unspecified atom stereocenters. The fraction of sp³-hybridized carbons (Fsp3) is 0.800. The van der Waals surface area contributed by atoms with E-state index in [9.17, 15) is 9.90 Å². The van der Waals surface area contributed by atoms with Crippen molar-refractivity contribution >= 4 is 5.78 Å². The number of rotatable bonds is 0. The van der Waals surface area contributed by atoms with Crippen LogP contribution in [-0.4, -0.2) is 40.3 Å². The van der Waals surface area contributed by atoms with Crippen LogP contribution in [0.25, 0.3) is 0 Å². The average molecular weight is 278 g/mol. The minimum absolute atomic E-state index is 0.0169. The average Bonchev–Trinajstić information content (AvgIpc) is 2.90. The minimum Gasteiger partial charge on any atom is -0.363 e. The predicted octanol–water partition coefficient (Wildman–Crippen LogP) is 1.05. The topological polar surface area (TPSA) is 65.0 Å². The summed E-state index contributed by atoms with van der Waals surface area (Å²) in [5.74, 6) is -2.08. The molecule has 5 rings (SSSR count). The highest BCUT2D eigenvalue weighted by Crippen LogP contribution is 2.73. The molecule has 4 fully saturated rings. The van der Waals surface area contributed by atoms with Crippen LogP contribution in [0.4, 0.5) is 0 Å². The fourth-order valence-electron chi connectivity index (χ4n) is 5.07. The summed E-state index contributed by atoms with van der Waals surface area (Å²) in [5.41, 5.74) is -1.33. The minimum atomic E-state index is -1.34. The van der Waals surface area contributed by atoms with Gasteiger partial charge in [0.05, 0.1) is 5.41 Å². The third-order valence-electron chi connectivity index (χ3n) is 6.22. The van der Waals surface area contributed by atoms with Gasteiger partial charge in [0, 0.05) is 12.8 Å². The lowest BCUT2D eigenvalue weighted by Gasteiger charge is -2.51.